The second kappa shape index (κ2) is 7.40. The number of nitrogens with zero attached hydrogens (tertiary/aromatic N) is 2. The minimum absolute atomic E-state index is 0.0844. The highest BCUT2D eigenvalue weighted by Crippen LogP contribution is 2.20. The molecule has 0 fully saturated rings. The average molecular weight is 315 g/mol. The van der Waals surface area contributed by atoms with Crippen LogP contribution in [0.15, 0.2) is 28.8 Å². The Morgan fingerprint density at radius 3 is 2.70 bits per heavy atom. The second-order valence-electron chi connectivity index (χ2n) is 7.02. The summed E-state index contributed by atoms with van der Waals surface area (Å²) in [5.41, 5.74) is 2.29. The summed E-state index contributed by atoms with van der Waals surface area (Å²) in [6.07, 6.45) is 2.16. The van der Waals surface area contributed by atoms with E-state index in [9.17, 15) is 4.79 Å². The van der Waals surface area contributed by atoms with E-state index < -0.39 is 0 Å². The van der Waals surface area contributed by atoms with E-state index in [0.717, 1.165) is 24.0 Å². The van der Waals surface area contributed by atoms with Crippen molar-refractivity contribution in [1.82, 2.24) is 15.5 Å². The molecule has 0 atom stereocenters. The number of hydrogen-bond donors (Lipinski definition) is 1. The van der Waals surface area contributed by atoms with Gasteiger partial charge in [-0.25, -0.2) is 0 Å². The lowest BCUT2D eigenvalue weighted by Crippen LogP contribution is -2.26. The Morgan fingerprint density at radius 1 is 1.26 bits per heavy atom. The lowest BCUT2D eigenvalue weighted by Gasteiger charge is -2.17. The summed E-state index contributed by atoms with van der Waals surface area (Å²) in [5, 5.41) is 6.86. The smallest absolute Gasteiger partial charge is 0.236 e. The maximum atomic E-state index is 11.9. The van der Waals surface area contributed by atoms with E-state index in [4.69, 9.17) is 4.52 Å². The third-order valence-corrected chi connectivity index (χ3v) is 3.59. The van der Waals surface area contributed by atoms with E-state index >= 15 is 0 Å². The SMILES string of the molecule is Cc1ccccc1-c1noc(CC(=O)NCCCC(C)(C)C)n1. The molecule has 1 aromatic heterocycles. The molecule has 0 aliphatic carbocycles. The zero-order chi connectivity index (χ0) is 16.9. The molecule has 1 heterocycles. The molecule has 1 amide bonds. The Labute approximate surface area is 137 Å². The minimum atomic E-state index is -0.0844. The van der Waals surface area contributed by atoms with E-state index in [0.29, 0.717) is 23.7 Å². The summed E-state index contributed by atoms with van der Waals surface area (Å²) in [6, 6.07) is 7.83. The lowest BCUT2D eigenvalue weighted by atomic mass is 9.91. The molecule has 0 saturated carbocycles. The summed E-state index contributed by atoms with van der Waals surface area (Å²) >= 11 is 0. The van der Waals surface area contributed by atoms with Crippen molar-refractivity contribution >= 4 is 5.91 Å². The van der Waals surface area contributed by atoms with E-state index in [-0.39, 0.29) is 12.3 Å². The Kier molecular flexibility index (Phi) is 5.53. The molecule has 1 N–H and O–H groups in total. The number of aryl methyl sites for hydroxylation is 1. The summed E-state index contributed by atoms with van der Waals surface area (Å²) in [6.45, 7) is 9.25. The molecule has 0 unspecified atom stereocenters. The molecule has 0 aliphatic rings. The van der Waals surface area contributed by atoms with Gasteiger partial charge >= 0.3 is 0 Å². The van der Waals surface area contributed by atoms with Crippen LogP contribution >= 0.6 is 0 Å². The first kappa shape index (κ1) is 17.2. The van der Waals surface area contributed by atoms with E-state index in [2.05, 4.69) is 36.2 Å². The van der Waals surface area contributed by atoms with Crippen molar-refractivity contribution in [3.8, 4) is 11.4 Å². The number of hydrogen-bond acceptors (Lipinski definition) is 4. The van der Waals surface area contributed by atoms with Crippen molar-refractivity contribution in [2.75, 3.05) is 6.54 Å². The molecule has 0 bridgehead atoms. The standard InChI is InChI=1S/C18H25N3O2/c1-13-8-5-6-9-14(13)17-20-16(23-21-17)12-15(22)19-11-7-10-18(2,3)4/h5-6,8-9H,7,10-12H2,1-4H3,(H,19,22). The van der Waals surface area contributed by atoms with Gasteiger partial charge in [0.1, 0.15) is 6.42 Å². The van der Waals surface area contributed by atoms with Gasteiger partial charge in [0.15, 0.2) is 0 Å². The molecule has 23 heavy (non-hydrogen) atoms. The fraction of sp³-hybridized carbons (Fsp3) is 0.500. The van der Waals surface area contributed by atoms with Crippen molar-refractivity contribution in [2.24, 2.45) is 5.41 Å². The van der Waals surface area contributed by atoms with Gasteiger partial charge in [-0.2, -0.15) is 4.98 Å². The van der Waals surface area contributed by atoms with Crippen molar-refractivity contribution in [1.29, 1.82) is 0 Å². The number of carbonyl (C=O) groups is 1. The molecule has 2 aromatic rings. The maximum Gasteiger partial charge on any atom is 0.236 e. The molecular weight excluding hydrogens is 290 g/mol. The molecule has 2 rings (SSSR count). The third kappa shape index (κ3) is 5.51. The predicted octanol–water partition coefficient (Wildman–Crippen LogP) is 3.53. The number of benzene rings is 1. The van der Waals surface area contributed by atoms with Crippen LogP contribution in [0.5, 0.6) is 0 Å². The molecule has 5 nitrogen and oxygen atoms in total. The fourth-order valence-corrected chi connectivity index (χ4v) is 2.31. The number of rotatable bonds is 6. The van der Waals surface area contributed by atoms with Crippen LogP contribution in [-0.4, -0.2) is 22.6 Å². The van der Waals surface area contributed by atoms with E-state index in [1.54, 1.807) is 0 Å². The van der Waals surface area contributed by atoms with Crippen LogP contribution in [-0.2, 0) is 11.2 Å². The zero-order valence-corrected chi connectivity index (χ0v) is 14.3. The number of amides is 1. The van der Waals surface area contributed by atoms with Gasteiger partial charge in [-0.3, -0.25) is 4.79 Å². The quantitative estimate of drug-likeness (QED) is 0.828. The van der Waals surface area contributed by atoms with Crippen molar-refractivity contribution in [3.63, 3.8) is 0 Å². The van der Waals surface area contributed by atoms with Crippen LogP contribution in [0.3, 0.4) is 0 Å². The Bertz CT molecular complexity index is 656. The van der Waals surface area contributed by atoms with Crippen molar-refractivity contribution in [3.05, 3.63) is 35.7 Å². The maximum absolute atomic E-state index is 11.9. The van der Waals surface area contributed by atoms with Crippen LogP contribution in [0.1, 0.15) is 45.1 Å². The van der Waals surface area contributed by atoms with Crippen molar-refractivity contribution in [2.45, 2.75) is 47.0 Å². The minimum Gasteiger partial charge on any atom is -0.356 e. The molecule has 124 valence electrons. The van der Waals surface area contributed by atoms with Gasteiger partial charge in [0.2, 0.25) is 17.6 Å². The topological polar surface area (TPSA) is 68.0 Å². The molecule has 0 aliphatic heterocycles. The first-order valence-electron chi connectivity index (χ1n) is 8.00. The first-order chi connectivity index (χ1) is 10.8. The molecular formula is C18H25N3O2. The van der Waals surface area contributed by atoms with Crippen LogP contribution in [0.2, 0.25) is 0 Å². The average Bonchev–Trinajstić information content (AvgIpc) is 2.91. The van der Waals surface area contributed by atoms with Crippen LogP contribution < -0.4 is 5.32 Å². The summed E-state index contributed by atoms with van der Waals surface area (Å²) in [7, 11) is 0. The highest BCUT2D eigenvalue weighted by molar-refractivity contribution is 5.77. The van der Waals surface area contributed by atoms with Gasteiger partial charge in [0, 0.05) is 12.1 Å². The zero-order valence-electron chi connectivity index (χ0n) is 14.3. The second-order valence-corrected chi connectivity index (χ2v) is 7.02. The number of nitrogens with one attached hydrogen (secondary N) is 1. The lowest BCUT2D eigenvalue weighted by molar-refractivity contribution is -0.120. The van der Waals surface area contributed by atoms with Crippen LogP contribution in [0, 0.1) is 12.3 Å². The Balaban J connectivity index is 1.85. The van der Waals surface area contributed by atoms with E-state index in [1.807, 2.05) is 31.2 Å². The Morgan fingerprint density at radius 2 is 2.00 bits per heavy atom. The molecule has 5 heteroatoms. The van der Waals surface area contributed by atoms with Crippen LogP contribution in [0.4, 0.5) is 0 Å². The van der Waals surface area contributed by atoms with Crippen molar-refractivity contribution < 1.29 is 9.32 Å². The highest BCUT2D eigenvalue weighted by atomic mass is 16.5. The normalized spacial score (nSPS) is 11.5. The third-order valence-electron chi connectivity index (χ3n) is 3.59. The van der Waals surface area contributed by atoms with Crippen LogP contribution in [0.25, 0.3) is 11.4 Å². The van der Waals surface area contributed by atoms with Gasteiger partial charge in [0.05, 0.1) is 0 Å². The van der Waals surface area contributed by atoms with Gasteiger partial charge in [-0.05, 0) is 30.7 Å². The van der Waals surface area contributed by atoms with Gasteiger partial charge < -0.3 is 9.84 Å². The molecule has 0 saturated heterocycles. The Hall–Kier alpha value is -2.17. The number of carbonyl (C=O) groups excluding carboxylic acids is 1. The fourth-order valence-electron chi connectivity index (χ4n) is 2.31. The molecule has 1 aromatic carbocycles. The van der Waals surface area contributed by atoms with Gasteiger partial charge in [-0.1, -0.05) is 50.2 Å². The monoisotopic (exact) mass is 315 g/mol. The first-order valence-corrected chi connectivity index (χ1v) is 8.00. The van der Waals surface area contributed by atoms with E-state index in [1.165, 1.54) is 0 Å². The summed E-state index contributed by atoms with van der Waals surface area (Å²) in [5.74, 6) is 0.786. The van der Waals surface area contributed by atoms with Gasteiger partial charge in [-0.15, -0.1) is 0 Å². The highest BCUT2D eigenvalue weighted by Gasteiger charge is 2.14. The molecule has 0 radical (unpaired) electrons. The molecule has 0 spiro atoms. The summed E-state index contributed by atoms with van der Waals surface area (Å²) in [4.78, 5) is 16.2. The largest absolute Gasteiger partial charge is 0.356 e. The van der Waals surface area contributed by atoms with Gasteiger partial charge in [0.25, 0.3) is 0 Å². The number of aromatic nitrogens is 2. The predicted molar refractivity (Wildman–Crippen MR) is 89.9 cm³/mol. The summed E-state index contributed by atoms with van der Waals surface area (Å²) < 4.78 is 5.18.